The molecule has 0 saturated carbocycles. The first-order valence-electron chi connectivity index (χ1n) is 10.3. The fraction of sp³-hybridized carbons (Fsp3) is 0.364. The predicted molar refractivity (Wildman–Crippen MR) is 113 cm³/mol. The Morgan fingerprint density at radius 3 is 2.85 bits per heavy atom. The molecule has 2 aromatic carbocycles. The summed E-state index contributed by atoms with van der Waals surface area (Å²) in [5, 5.41) is 3.22. The second-order valence-electron chi connectivity index (χ2n) is 7.92. The van der Waals surface area contributed by atoms with Gasteiger partial charge in [0.2, 0.25) is 6.79 Å². The van der Waals surface area contributed by atoms with Crippen LogP contribution in [0.25, 0.3) is 10.9 Å². The van der Waals surface area contributed by atoms with Crippen LogP contribution >= 0.6 is 0 Å². The topological polar surface area (TPSA) is 78.0 Å². The SMILES string of the molecule is COc1cc(O[C@H]2CCN(C)CC2(F)F)c2c(Nc3c(F)ccc4c3OCO4)ncnc2c1. The molecule has 3 heterocycles. The minimum atomic E-state index is -3.07. The standard InChI is InChI=1S/C22H21F3N4O4/c1-29-6-5-17(22(24,25)9-29)33-16-8-12(30-2)7-14-18(16)21(27-10-26-14)28-19-13(23)3-4-15-20(19)32-11-31-15/h3-4,7-8,10,17H,5-6,9,11H2,1-2H3,(H,26,27,28)/t17-/m0/s1. The van der Waals surface area contributed by atoms with Crippen LogP contribution in [0, 0.1) is 5.82 Å². The van der Waals surface area contributed by atoms with Crippen LogP contribution in [0.2, 0.25) is 0 Å². The molecule has 33 heavy (non-hydrogen) atoms. The Labute approximate surface area is 187 Å². The Bertz CT molecular complexity index is 1210. The third-order valence-electron chi connectivity index (χ3n) is 5.64. The number of hydrogen-bond donors (Lipinski definition) is 1. The number of aromatic nitrogens is 2. The van der Waals surface area contributed by atoms with Gasteiger partial charge < -0.3 is 29.2 Å². The molecule has 3 aromatic rings. The lowest BCUT2D eigenvalue weighted by Crippen LogP contribution is -2.52. The van der Waals surface area contributed by atoms with Gasteiger partial charge in [0.05, 0.1) is 24.6 Å². The molecule has 2 aliphatic heterocycles. The van der Waals surface area contributed by atoms with E-state index in [9.17, 15) is 13.2 Å². The highest BCUT2D eigenvalue weighted by Crippen LogP contribution is 2.44. The molecule has 1 aromatic heterocycles. The number of piperidine rings is 1. The van der Waals surface area contributed by atoms with Crippen molar-refractivity contribution in [2.45, 2.75) is 18.4 Å². The molecule has 0 spiro atoms. The number of nitrogens with one attached hydrogen (secondary N) is 1. The highest BCUT2D eigenvalue weighted by atomic mass is 19.3. The van der Waals surface area contributed by atoms with E-state index in [4.69, 9.17) is 18.9 Å². The molecule has 8 nitrogen and oxygen atoms in total. The number of rotatable bonds is 5. The van der Waals surface area contributed by atoms with E-state index >= 15 is 0 Å². The molecule has 174 valence electrons. The van der Waals surface area contributed by atoms with Crippen LogP contribution in [0.5, 0.6) is 23.0 Å². The summed E-state index contributed by atoms with van der Waals surface area (Å²) in [5.74, 6) is -2.45. The van der Waals surface area contributed by atoms with Crippen molar-refractivity contribution in [1.29, 1.82) is 0 Å². The Balaban J connectivity index is 1.59. The van der Waals surface area contributed by atoms with Crippen LogP contribution < -0.4 is 24.3 Å². The number of ether oxygens (including phenoxy) is 4. The van der Waals surface area contributed by atoms with Gasteiger partial charge in [-0.1, -0.05) is 0 Å². The van der Waals surface area contributed by atoms with E-state index < -0.39 is 24.4 Å². The fourth-order valence-electron chi connectivity index (χ4n) is 4.01. The van der Waals surface area contributed by atoms with Gasteiger partial charge in [0.15, 0.2) is 23.4 Å². The molecule has 2 aliphatic rings. The largest absolute Gasteiger partial charge is 0.497 e. The Kier molecular flexibility index (Phi) is 5.28. The van der Waals surface area contributed by atoms with Gasteiger partial charge in [-0.2, -0.15) is 0 Å². The van der Waals surface area contributed by atoms with Crippen LogP contribution in [0.1, 0.15) is 6.42 Å². The van der Waals surface area contributed by atoms with Crippen LogP contribution in [0.15, 0.2) is 30.6 Å². The zero-order valence-electron chi connectivity index (χ0n) is 17.9. The van der Waals surface area contributed by atoms with Crippen molar-refractivity contribution in [2.24, 2.45) is 0 Å². The van der Waals surface area contributed by atoms with Crippen molar-refractivity contribution in [1.82, 2.24) is 14.9 Å². The molecule has 5 rings (SSSR count). The predicted octanol–water partition coefficient (Wildman–Crippen LogP) is 3.97. The minimum Gasteiger partial charge on any atom is -0.497 e. The number of nitrogens with zero attached hydrogens (tertiary/aromatic N) is 3. The van der Waals surface area contributed by atoms with Crippen LogP contribution in [-0.2, 0) is 0 Å². The number of fused-ring (bicyclic) bond motifs is 2. The quantitative estimate of drug-likeness (QED) is 0.611. The highest BCUT2D eigenvalue weighted by Gasteiger charge is 2.45. The molecule has 0 bridgehead atoms. The zero-order chi connectivity index (χ0) is 23.2. The van der Waals surface area contributed by atoms with E-state index in [0.717, 1.165) is 0 Å². The maximum absolute atomic E-state index is 14.7. The molecule has 1 N–H and O–H groups in total. The number of methoxy groups -OCH3 is 1. The second kappa shape index (κ2) is 8.14. The van der Waals surface area contributed by atoms with E-state index in [0.29, 0.717) is 28.9 Å². The number of hydrogen-bond acceptors (Lipinski definition) is 8. The second-order valence-corrected chi connectivity index (χ2v) is 7.92. The molecule has 1 fully saturated rings. The van der Waals surface area contributed by atoms with Crippen molar-refractivity contribution in [3.63, 3.8) is 0 Å². The first kappa shape index (κ1) is 21.4. The molecule has 0 unspecified atom stereocenters. The van der Waals surface area contributed by atoms with Crippen molar-refractivity contribution in [2.75, 3.05) is 39.4 Å². The van der Waals surface area contributed by atoms with Gasteiger partial charge in [0.1, 0.15) is 29.3 Å². The molecule has 0 radical (unpaired) electrons. The number of benzene rings is 2. The summed E-state index contributed by atoms with van der Waals surface area (Å²) in [5.41, 5.74) is 0.389. The van der Waals surface area contributed by atoms with E-state index in [1.54, 1.807) is 18.0 Å². The van der Waals surface area contributed by atoms with Gasteiger partial charge in [-0.3, -0.25) is 0 Å². The van der Waals surface area contributed by atoms with E-state index in [2.05, 4.69) is 15.3 Å². The maximum atomic E-state index is 14.7. The van der Waals surface area contributed by atoms with Crippen molar-refractivity contribution in [3.8, 4) is 23.0 Å². The summed E-state index contributed by atoms with van der Waals surface area (Å²) in [7, 11) is 3.09. The Morgan fingerprint density at radius 2 is 2.06 bits per heavy atom. The maximum Gasteiger partial charge on any atom is 0.296 e. The monoisotopic (exact) mass is 462 g/mol. The summed E-state index contributed by atoms with van der Waals surface area (Å²) in [6.07, 6.45) is 0.0488. The summed E-state index contributed by atoms with van der Waals surface area (Å²) < 4.78 is 66.0. The number of halogens is 3. The lowest BCUT2D eigenvalue weighted by Gasteiger charge is -2.36. The summed E-state index contributed by atoms with van der Waals surface area (Å²) in [4.78, 5) is 10.0. The molecule has 1 atom stereocenters. The molecule has 0 aliphatic carbocycles. The average Bonchev–Trinajstić information content (AvgIpc) is 3.26. The third-order valence-corrected chi connectivity index (χ3v) is 5.64. The zero-order valence-corrected chi connectivity index (χ0v) is 17.9. The lowest BCUT2D eigenvalue weighted by atomic mass is 10.0. The summed E-state index contributed by atoms with van der Waals surface area (Å²) >= 11 is 0. The fourth-order valence-corrected chi connectivity index (χ4v) is 4.01. The number of likely N-dealkylation sites (tertiary alicyclic amines) is 1. The summed E-state index contributed by atoms with van der Waals surface area (Å²) in [6, 6.07) is 5.81. The normalized spacial score (nSPS) is 19.5. The van der Waals surface area contributed by atoms with Gasteiger partial charge in [-0.25, -0.2) is 23.1 Å². The molecular weight excluding hydrogens is 441 g/mol. The van der Waals surface area contributed by atoms with Gasteiger partial charge in [-0.05, 0) is 19.2 Å². The minimum absolute atomic E-state index is 0.0105. The van der Waals surface area contributed by atoms with E-state index in [-0.39, 0.29) is 36.2 Å². The van der Waals surface area contributed by atoms with Gasteiger partial charge in [-0.15, -0.1) is 0 Å². The lowest BCUT2D eigenvalue weighted by molar-refractivity contribution is -0.134. The van der Waals surface area contributed by atoms with E-state index in [1.807, 2.05) is 0 Å². The molecule has 0 amide bonds. The van der Waals surface area contributed by atoms with Crippen molar-refractivity contribution >= 4 is 22.4 Å². The third kappa shape index (κ3) is 3.92. The highest BCUT2D eigenvalue weighted by molar-refractivity contribution is 5.97. The van der Waals surface area contributed by atoms with Crippen molar-refractivity contribution in [3.05, 3.63) is 36.4 Å². The average molecular weight is 462 g/mol. The first-order valence-corrected chi connectivity index (χ1v) is 10.3. The Morgan fingerprint density at radius 1 is 1.21 bits per heavy atom. The molecule has 11 heteroatoms. The summed E-state index contributed by atoms with van der Waals surface area (Å²) in [6.45, 7) is -0.00288. The molecular formula is C22H21F3N4O4. The number of anilines is 2. The van der Waals surface area contributed by atoms with Crippen LogP contribution in [-0.4, -0.2) is 60.9 Å². The van der Waals surface area contributed by atoms with Crippen LogP contribution in [0.4, 0.5) is 24.7 Å². The van der Waals surface area contributed by atoms with Gasteiger partial charge in [0.25, 0.3) is 5.92 Å². The smallest absolute Gasteiger partial charge is 0.296 e. The van der Waals surface area contributed by atoms with Gasteiger partial charge >= 0.3 is 0 Å². The van der Waals surface area contributed by atoms with Crippen molar-refractivity contribution < 1.29 is 32.1 Å². The first-order chi connectivity index (χ1) is 15.9. The Hall–Kier alpha value is -3.47. The van der Waals surface area contributed by atoms with Gasteiger partial charge in [0, 0.05) is 25.1 Å². The van der Waals surface area contributed by atoms with Crippen LogP contribution in [0.3, 0.4) is 0 Å². The molecule has 1 saturated heterocycles. The number of alkyl halides is 2. The van der Waals surface area contributed by atoms with E-state index in [1.165, 1.54) is 31.6 Å².